The maximum Gasteiger partial charge on any atom is 0.329 e. The van der Waals surface area contributed by atoms with Gasteiger partial charge in [0.1, 0.15) is 13.2 Å². The molecule has 0 fully saturated rings. The van der Waals surface area contributed by atoms with E-state index in [-0.39, 0.29) is 25.8 Å². The van der Waals surface area contributed by atoms with E-state index in [2.05, 4.69) is 6.92 Å². The Morgan fingerprint density at radius 2 is 0.608 bits per heavy atom. The molecule has 0 spiro atoms. The predicted octanol–water partition coefficient (Wildman–Crippen LogP) is 2.56. The van der Waals surface area contributed by atoms with Gasteiger partial charge in [-0.05, 0) is 6.42 Å². The molecule has 0 saturated heterocycles. The number of hydrogen-bond donors (Lipinski definition) is 1. The fourth-order valence-electron chi connectivity index (χ4n) is 3.91. The number of aliphatic carboxylic acids is 1. The van der Waals surface area contributed by atoms with Crippen LogP contribution in [-0.4, -0.2) is 182 Å². The lowest BCUT2D eigenvalue weighted by Crippen LogP contribution is -2.16. The van der Waals surface area contributed by atoms with Gasteiger partial charge in [0.15, 0.2) is 0 Å². The minimum atomic E-state index is -0.999. The molecule has 0 saturated carbocycles. The van der Waals surface area contributed by atoms with Crippen LogP contribution in [0, 0.1) is 0 Å². The largest absolute Gasteiger partial charge is 0.480 e. The molecule has 51 heavy (non-hydrogen) atoms. The minimum absolute atomic E-state index is 0.149. The summed E-state index contributed by atoms with van der Waals surface area (Å²) >= 11 is 0. The third-order valence-corrected chi connectivity index (χ3v) is 6.54. The summed E-state index contributed by atoms with van der Waals surface area (Å²) in [5.41, 5.74) is 0. The number of ether oxygens (including phenoxy) is 13. The molecule has 0 rings (SSSR count). The summed E-state index contributed by atoms with van der Waals surface area (Å²) in [6.07, 6.45) is 7.39. The summed E-state index contributed by atoms with van der Waals surface area (Å²) in [4.78, 5) is 21.9. The van der Waals surface area contributed by atoms with Crippen LogP contribution in [-0.2, 0) is 71.2 Å². The topological polar surface area (TPSA) is 174 Å². The van der Waals surface area contributed by atoms with Gasteiger partial charge in [0.2, 0.25) is 0 Å². The summed E-state index contributed by atoms with van der Waals surface area (Å²) in [6, 6.07) is 0. The van der Waals surface area contributed by atoms with E-state index < -0.39 is 5.97 Å². The van der Waals surface area contributed by atoms with Crippen LogP contribution in [0.15, 0.2) is 0 Å². The normalized spacial score (nSPS) is 11.4. The van der Waals surface area contributed by atoms with Crippen molar-refractivity contribution in [1.29, 1.82) is 0 Å². The van der Waals surface area contributed by atoms with Crippen molar-refractivity contribution in [3.63, 3.8) is 0 Å². The predicted molar refractivity (Wildman–Crippen MR) is 186 cm³/mol. The van der Waals surface area contributed by atoms with Crippen LogP contribution in [0.3, 0.4) is 0 Å². The lowest BCUT2D eigenvalue weighted by Gasteiger charge is -2.09. The molecule has 0 aromatic carbocycles. The monoisotopic (exact) mass is 744 g/mol. The van der Waals surface area contributed by atoms with E-state index >= 15 is 0 Å². The molecule has 16 heteroatoms. The van der Waals surface area contributed by atoms with Crippen LogP contribution >= 0.6 is 0 Å². The van der Waals surface area contributed by atoms with Crippen LogP contribution in [0.1, 0.15) is 51.9 Å². The van der Waals surface area contributed by atoms with Crippen molar-refractivity contribution in [1.82, 2.24) is 0 Å². The molecule has 0 aromatic rings. The van der Waals surface area contributed by atoms with Gasteiger partial charge in [-0.25, -0.2) is 4.79 Å². The summed E-state index contributed by atoms with van der Waals surface area (Å²) < 4.78 is 69.7. The maximum atomic E-state index is 11.7. The fourth-order valence-corrected chi connectivity index (χ4v) is 3.91. The molecule has 0 amide bonds. The van der Waals surface area contributed by atoms with E-state index in [0.717, 1.165) is 12.8 Å². The zero-order valence-corrected chi connectivity index (χ0v) is 31.2. The van der Waals surface area contributed by atoms with E-state index in [4.69, 9.17) is 66.7 Å². The second-order valence-corrected chi connectivity index (χ2v) is 10.9. The zero-order valence-electron chi connectivity index (χ0n) is 31.2. The molecular formula is C35H68O16. The third kappa shape index (κ3) is 46.4. The number of carbonyl (C=O) groups excluding carboxylic acids is 1. The Morgan fingerprint density at radius 3 is 0.902 bits per heavy atom. The van der Waals surface area contributed by atoms with Crippen molar-refractivity contribution in [2.75, 3.05) is 165 Å². The summed E-state index contributed by atoms with van der Waals surface area (Å²) in [5.74, 6) is -1.15. The maximum absolute atomic E-state index is 11.7. The second-order valence-electron chi connectivity index (χ2n) is 10.9. The molecule has 0 heterocycles. The average molecular weight is 745 g/mol. The van der Waals surface area contributed by atoms with Crippen molar-refractivity contribution >= 4 is 11.9 Å². The lowest BCUT2D eigenvalue weighted by atomic mass is 10.1. The number of carboxylic acid groups (broad SMARTS) is 1. The van der Waals surface area contributed by atoms with Crippen molar-refractivity contribution in [2.24, 2.45) is 0 Å². The van der Waals surface area contributed by atoms with E-state index in [1.807, 2.05) is 0 Å². The quantitative estimate of drug-likeness (QED) is 0.0711. The van der Waals surface area contributed by atoms with Crippen molar-refractivity contribution in [3.05, 3.63) is 0 Å². The Labute approximate surface area is 305 Å². The van der Waals surface area contributed by atoms with Gasteiger partial charge in [0.25, 0.3) is 0 Å². The SMILES string of the molecule is CCCCCCCCC(=O)OCCOCCOCCOCCOCCOCCOCCOCCOCCOCCOCCOCCOCC(=O)O. The highest BCUT2D eigenvalue weighted by Crippen LogP contribution is 2.07. The zero-order chi connectivity index (χ0) is 37.0. The molecule has 0 bridgehead atoms. The third-order valence-electron chi connectivity index (χ3n) is 6.54. The highest BCUT2D eigenvalue weighted by atomic mass is 16.6. The number of carbonyl (C=O) groups is 2. The molecule has 0 radical (unpaired) electrons. The van der Waals surface area contributed by atoms with Crippen LogP contribution in [0.25, 0.3) is 0 Å². The smallest absolute Gasteiger partial charge is 0.329 e. The molecule has 304 valence electrons. The molecule has 0 aliphatic rings. The van der Waals surface area contributed by atoms with Gasteiger partial charge in [-0.15, -0.1) is 0 Å². The van der Waals surface area contributed by atoms with Gasteiger partial charge in [-0.1, -0.05) is 39.0 Å². The standard InChI is InChI=1S/C35H68O16/c1-2-3-4-5-6-7-8-35(38)51-32-31-49-28-27-47-24-23-45-20-19-43-16-15-41-12-11-39-9-10-40-13-14-42-17-18-44-21-22-46-25-26-48-29-30-50-33-34(36)37/h2-33H2,1H3,(H,36,37). The van der Waals surface area contributed by atoms with Crippen molar-refractivity contribution in [2.45, 2.75) is 51.9 Å². The van der Waals surface area contributed by atoms with Crippen LogP contribution in [0.5, 0.6) is 0 Å². The van der Waals surface area contributed by atoms with Gasteiger partial charge in [0, 0.05) is 6.42 Å². The van der Waals surface area contributed by atoms with E-state index in [0.29, 0.717) is 152 Å². The molecule has 0 aromatic heterocycles. The second kappa shape index (κ2) is 44.6. The van der Waals surface area contributed by atoms with Gasteiger partial charge in [0.05, 0.1) is 152 Å². The Hall–Kier alpha value is -1.54. The number of hydrogen-bond acceptors (Lipinski definition) is 15. The first-order valence-electron chi connectivity index (χ1n) is 18.5. The van der Waals surface area contributed by atoms with Crippen molar-refractivity contribution in [3.8, 4) is 0 Å². The number of carboxylic acids is 1. The molecule has 1 N–H and O–H groups in total. The molecule has 0 aliphatic carbocycles. The van der Waals surface area contributed by atoms with Gasteiger partial charge in [-0.2, -0.15) is 0 Å². The van der Waals surface area contributed by atoms with E-state index in [1.165, 1.54) is 25.7 Å². The first kappa shape index (κ1) is 49.5. The highest BCUT2D eigenvalue weighted by Gasteiger charge is 2.03. The number of rotatable bonds is 45. The summed E-state index contributed by atoms with van der Waals surface area (Å²) in [6.45, 7) is 12.5. The first-order chi connectivity index (χ1) is 25.2. The Morgan fingerprint density at radius 1 is 0.353 bits per heavy atom. The molecule has 16 nitrogen and oxygen atoms in total. The van der Waals surface area contributed by atoms with Gasteiger partial charge < -0.3 is 66.7 Å². The van der Waals surface area contributed by atoms with Crippen molar-refractivity contribution < 1.29 is 76.3 Å². The Balaban J connectivity index is 3.09. The van der Waals surface area contributed by atoms with Crippen LogP contribution in [0.4, 0.5) is 0 Å². The van der Waals surface area contributed by atoms with Gasteiger partial charge >= 0.3 is 11.9 Å². The molecule has 0 atom stereocenters. The highest BCUT2D eigenvalue weighted by molar-refractivity contribution is 5.69. The minimum Gasteiger partial charge on any atom is -0.480 e. The lowest BCUT2D eigenvalue weighted by molar-refractivity contribution is -0.145. The number of unbranched alkanes of at least 4 members (excludes halogenated alkanes) is 5. The molecule has 0 unspecified atom stereocenters. The summed E-state index contributed by atoms with van der Waals surface area (Å²) in [5, 5.41) is 8.43. The summed E-state index contributed by atoms with van der Waals surface area (Å²) in [7, 11) is 0. The fraction of sp³-hybridized carbons (Fsp3) is 0.943. The number of esters is 1. The Kier molecular flexibility index (Phi) is 43.3. The molecule has 0 aliphatic heterocycles. The van der Waals surface area contributed by atoms with Gasteiger partial charge in [-0.3, -0.25) is 4.79 Å². The van der Waals surface area contributed by atoms with Crippen LogP contribution < -0.4 is 0 Å². The van der Waals surface area contributed by atoms with Crippen LogP contribution in [0.2, 0.25) is 0 Å². The average Bonchev–Trinajstić information content (AvgIpc) is 3.12. The van der Waals surface area contributed by atoms with E-state index in [9.17, 15) is 9.59 Å². The first-order valence-corrected chi connectivity index (χ1v) is 18.5. The molecular weight excluding hydrogens is 676 g/mol. The van der Waals surface area contributed by atoms with E-state index in [1.54, 1.807) is 0 Å². The Bertz CT molecular complexity index is 703.